The van der Waals surface area contributed by atoms with Gasteiger partial charge in [-0.05, 0) is 125 Å². The molecule has 2 aromatic carbocycles. The van der Waals surface area contributed by atoms with Gasteiger partial charge in [0.25, 0.3) is 10.1 Å². The van der Waals surface area contributed by atoms with Crippen LogP contribution in [0, 0.1) is 23.2 Å². The molecule has 62 heavy (non-hydrogen) atoms. The second kappa shape index (κ2) is 15.2. The SMILES string of the molecule is Cc1c(-c2cccnc2C(=O)OC(C)(C)C)c(-c2ccc3c(c2)N(C(=O)Nc2nc4ccccc4s2)CCC3)nn1CC12CC3(C)CC(C)(C1)CC(OCCOS(C)(=O)=O)(C3)C2. The summed E-state index contributed by atoms with van der Waals surface area (Å²) < 4.78 is 44.4. The number of hydrogen-bond donors (Lipinski definition) is 1. The first kappa shape index (κ1) is 42.6. The van der Waals surface area contributed by atoms with Gasteiger partial charge in [-0.3, -0.25) is 19.1 Å². The van der Waals surface area contributed by atoms with Gasteiger partial charge in [-0.1, -0.05) is 55.5 Å². The van der Waals surface area contributed by atoms with Crippen LogP contribution in [0.15, 0.2) is 60.8 Å². The summed E-state index contributed by atoms with van der Waals surface area (Å²) in [4.78, 5) is 39.0. The van der Waals surface area contributed by atoms with Gasteiger partial charge < -0.3 is 9.47 Å². The van der Waals surface area contributed by atoms with Crippen LogP contribution in [0.25, 0.3) is 32.6 Å². The zero-order chi connectivity index (χ0) is 43.9. The third kappa shape index (κ3) is 8.40. The number of anilines is 2. The predicted molar refractivity (Wildman–Crippen MR) is 241 cm³/mol. The highest BCUT2D eigenvalue weighted by molar-refractivity contribution is 7.85. The molecule has 2 unspecified atom stereocenters. The summed E-state index contributed by atoms with van der Waals surface area (Å²) in [5, 5.41) is 9.08. The van der Waals surface area contributed by atoms with Crippen molar-refractivity contribution < 1.29 is 31.7 Å². The molecule has 5 aliphatic rings. The van der Waals surface area contributed by atoms with Crippen molar-refractivity contribution in [3.05, 3.63) is 77.7 Å². The molecule has 2 atom stereocenters. The van der Waals surface area contributed by atoms with E-state index in [-0.39, 0.29) is 41.2 Å². The Morgan fingerprint density at radius 2 is 1.71 bits per heavy atom. The minimum atomic E-state index is -3.58. The molecule has 3 aromatic heterocycles. The minimum absolute atomic E-state index is 0.0149. The van der Waals surface area contributed by atoms with E-state index < -0.39 is 27.3 Å². The molecular formula is C47H56N6O7S2. The summed E-state index contributed by atoms with van der Waals surface area (Å²) in [6.07, 6.45) is 10.1. The van der Waals surface area contributed by atoms with Crippen LogP contribution in [-0.4, -0.2) is 77.4 Å². The number of esters is 1. The fourth-order valence-corrected chi connectivity index (χ4v) is 13.5. The van der Waals surface area contributed by atoms with Crippen molar-refractivity contribution >= 4 is 54.5 Å². The third-order valence-corrected chi connectivity index (χ3v) is 14.6. The van der Waals surface area contributed by atoms with E-state index in [1.807, 2.05) is 57.2 Å². The molecule has 4 bridgehead atoms. The van der Waals surface area contributed by atoms with Crippen molar-refractivity contribution in [1.82, 2.24) is 19.7 Å². The maximum atomic E-state index is 14.1. The Kier molecular flexibility index (Phi) is 10.5. The van der Waals surface area contributed by atoms with Crippen molar-refractivity contribution in [2.24, 2.45) is 16.2 Å². The molecule has 4 fully saturated rings. The maximum absolute atomic E-state index is 14.1. The van der Waals surface area contributed by atoms with Crippen LogP contribution in [0.3, 0.4) is 0 Å². The summed E-state index contributed by atoms with van der Waals surface area (Å²) in [6, 6.07) is 17.6. The van der Waals surface area contributed by atoms with E-state index in [0.29, 0.717) is 29.5 Å². The first-order valence-electron chi connectivity index (χ1n) is 21.5. The molecule has 328 valence electrons. The number of carbonyl (C=O) groups is 2. The lowest BCUT2D eigenvalue weighted by Gasteiger charge is -2.69. The number of urea groups is 1. The molecule has 2 amide bonds. The summed E-state index contributed by atoms with van der Waals surface area (Å²) in [5.74, 6) is -0.518. The average molecular weight is 881 g/mol. The van der Waals surface area contributed by atoms with E-state index in [0.717, 1.165) is 95.9 Å². The number of nitrogens with one attached hydrogen (secondary N) is 1. The van der Waals surface area contributed by atoms with Gasteiger partial charge in [-0.15, -0.1) is 0 Å². The second-order valence-electron chi connectivity index (χ2n) is 20.1. The lowest BCUT2D eigenvalue weighted by Crippen LogP contribution is -2.64. The fourth-order valence-electron chi connectivity index (χ4n) is 12.3. The number of ether oxygens (including phenoxy) is 2. The van der Waals surface area contributed by atoms with Crippen molar-refractivity contribution in [1.29, 1.82) is 0 Å². The van der Waals surface area contributed by atoms with Crippen LogP contribution in [0.2, 0.25) is 0 Å². The molecule has 15 heteroatoms. The molecule has 5 aromatic rings. The summed E-state index contributed by atoms with van der Waals surface area (Å²) in [5.41, 5.74) is 5.50. The Labute approximate surface area is 367 Å². The Balaban J connectivity index is 1.11. The standard InChI is InChI=1S/C47H56N6O7S2/c1-30-37(33-13-10-18-48-39(33)40(54)60-43(2,3)4)38(32-17-16-31-12-11-19-52(35(31)22-32)42(55)50-41-49-34-14-8-9-15-36(34)61-41)51-53(30)29-46-24-44(5)23-45(6,25-46)27-47(26-44,28-46)58-20-21-59-62(7,56)57/h8-10,13-18,22H,11-12,19-21,23-29H2,1-7H3,(H,49,50,55). The number of amides is 2. The molecule has 4 saturated carbocycles. The zero-order valence-corrected chi connectivity index (χ0v) is 38.3. The van der Waals surface area contributed by atoms with Gasteiger partial charge in [0.15, 0.2) is 10.8 Å². The number of aryl methyl sites for hydroxylation is 1. The minimum Gasteiger partial charge on any atom is -0.455 e. The van der Waals surface area contributed by atoms with E-state index in [9.17, 15) is 18.0 Å². The molecule has 4 aliphatic carbocycles. The number of para-hydroxylation sites is 1. The molecule has 0 radical (unpaired) electrons. The Morgan fingerprint density at radius 3 is 2.44 bits per heavy atom. The predicted octanol–water partition coefficient (Wildman–Crippen LogP) is 9.58. The number of pyridine rings is 1. The number of benzene rings is 2. The number of fused-ring (bicyclic) bond motifs is 2. The molecule has 1 aliphatic heterocycles. The van der Waals surface area contributed by atoms with Crippen LogP contribution < -0.4 is 10.2 Å². The van der Waals surface area contributed by atoms with Gasteiger partial charge in [0.1, 0.15) is 11.3 Å². The first-order chi connectivity index (χ1) is 29.2. The fraction of sp³-hybridized carbons (Fsp3) is 0.511. The Hall–Kier alpha value is -4.70. The van der Waals surface area contributed by atoms with Gasteiger partial charge in [0.2, 0.25) is 0 Å². The normalized spacial score (nSPS) is 25.6. The second-order valence-corrected chi connectivity index (χ2v) is 22.8. The van der Waals surface area contributed by atoms with E-state index in [1.165, 1.54) is 11.3 Å². The van der Waals surface area contributed by atoms with E-state index in [2.05, 4.69) is 58.9 Å². The van der Waals surface area contributed by atoms with E-state index >= 15 is 0 Å². The number of thiazole rings is 1. The highest BCUT2D eigenvalue weighted by atomic mass is 32.2. The van der Waals surface area contributed by atoms with Crippen LogP contribution in [-0.2, 0) is 36.7 Å². The van der Waals surface area contributed by atoms with Crippen molar-refractivity contribution in [2.75, 3.05) is 36.2 Å². The molecule has 0 saturated heterocycles. The van der Waals surface area contributed by atoms with E-state index in [1.54, 1.807) is 11.1 Å². The smallest absolute Gasteiger partial charge is 0.358 e. The average Bonchev–Trinajstić information content (AvgIpc) is 3.72. The summed E-state index contributed by atoms with van der Waals surface area (Å²) >= 11 is 1.45. The monoisotopic (exact) mass is 880 g/mol. The Bertz CT molecular complexity index is 2650. The van der Waals surface area contributed by atoms with Crippen LogP contribution in [0.1, 0.15) is 101 Å². The molecular weight excluding hydrogens is 825 g/mol. The van der Waals surface area contributed by atoms with Gasteiger partial charge in [-0.2, -0.15) is 13.5 Å². The van der Waals surface area contributed by atoms with Gasteiger partial charge >= 0.3 is 12.0 Å². The van der Waals surface area contributed by atoms with Crippen LogP contribution in [0.5, 0.6) is 0 Å². The lowest BCUT2D eigenvalue weighted by molar-refractivity contribution is -0.249. The highest BCUT2D eigenvalue weighted by Gasteiger charge is 2.66. The number of nitrogens with zero attached hydrogens (tertiary/aromatic N) is 5. The molecule has 10 rings (SSSR count). The van der Waals surface area contributed by atoms with Crippen molar-refractivity contribution in [3.63, 3.8) is 0 Å². The number of carbonyl (C=O) groups excluding carboxylic acids is 2. The Morgan fingerprint density at radius 1 is 0.952 bits per heavy atom. The molecule has 0 spiro atoms. The van der Waals surface area contributed by atoms with Crippen LogP contribution >= 0.6 is 11.3 Å². The van der Waals surface area contributed by atoms with Crippen molar-refractivity contribution in [3.8, 4) is 22.4 Å². The van der Waals surface area contributed by atoms with E-state index in [4.69, 9.17) is 18.8 Å². The molecule has 1 N–H and O–H groups in total. The first-order valence-corrected chi connectivity index (χ1v) is 24.2. The van der Waals surface area contributed by atoms with Gasteiger partial charge in [-0.25, -0.2) is 19.6 Å². The van der Waals surface area contributed by atoms with Gasteiger partial charge in [0, 0.05) is 47.4 Å². The topological polar surface area (TPSA) is 155 Å². The summed E-state index contributed by atoms with van der Waals surface area (Å²) in [7, 11) is -3.58. The quantitative estimate of drug-likeness (QED) is 0.0771. The van der Waals surface area contributed by atoms with Crippen LogP contribution in [0.4, 0.5) is 15.6 Å². The third-order valence-electron chi connectivity index (χ3n) is 13.0. The van der Waals surface area contributed by atoms with Crippen molar-refractivity contribution in [2.45, 2.75) is 111 Å². The molecule has 4 heterocycles. The summed E-state index contributed by atoms with van der Waals surface area (Å²) in [6.45, 7) is 13.7. The maximum Gasteiger partial charge on any atom is 0.358 e. The lowest BCUT2D eigenvalue weighted by atomic mass is 9.39. The number of aromatic nitrogens is 4. The largest absolute Gasteiger partial charge is 0.455 e. The zero-order valence-electron chi connectivity index (χ0n) is 36.7. The number of hydrogen-bond acceptors (Lipinski definition) is 11. The highest BCUT2D eigenvalue weighted by Crippen LogP contribution is 2.72. The number of rotatable bonds is 11. The molecule has 13 nitrogen and oxygen atoms in total. The van der Waals surface area contributed by atoms with Gasteiger partial charge in [0.05, 0.1) is 35.3 Å².